The standard InChI is InChI=1S/C20H24BrN3O5S/c1-5-29-18-9-7-17(8-10-18)24(30(4,26)27)14(2)20(25)23-22-13-15-12-16(21)6-11-19(15)28-3/h6-14H,5H2,1-4H3,(H,23,25)/b22-13-/t14-/m1/s1. The van der Waals surface area contributed by atoms with Crippen LogP contribution < -0.4 is 19.2 Å². The summed E-state index contributed by atoms with van der Waals surface area (Å²) in [4.78, 5) is 12.6. The van der Waals surface area contributed by atoms with Crippen molar-refractivity contribution in [1.82, 2.24) is 5.43 Å². The Labute approximate surface area is 185 Å². The molecule has 0 saturated heterocycles. The highest BCUT2D eigenvalue weighted by molar-refractivity contribution is 9.10. The third-order valence-corrected chi connectivity index (χ3v) is 5.80. The zero-order chi connectivity index (χ0) is 22.3. The third-order valence-electron chi connectivity index (χ3n) is 4.06. The van der Waals surface area contributed by atoms with E-state index >= 15 is 0 Å². The van der Waals surface area contributed by atoms with Crippen molar-refractivity contribution in [2.24, 2.45) is 5.10 Å². The molecule has 30 heavy (non-hydrogen) atoms. The van der Waals surface area contributed by atoms with E-state index in [0.717, 1.165) is 15.0 Å². The van der Waals surface area contributed by atoms with Crippen molar-refractivity contribution in [3.05, 3.63) is 52.5 Å². The lowest BCUT2D eigenvalue weighted by molar-refractivity contribution is -0.121. The highest BCUT2D eigenvalue weighted by atomic mass is 79.9. The maximum absolute atomic E-state index is 12.6. The zero-order valence-electron chi connectivity index (χ0n) is 17.1. The second kappa shape index (κ2) is 10.4. The van der Waals surface area contributed by atoms with Crippen molar-refractivity contribution in [2.45, 2.75) is 19.9 Å². The number of anilines is 1. The number of nitrogens with one attached hydrogen (secondary N) is 1. The molecule has 2 aromatic rings. The van der Waals surface area contributed by atoms with Gasteiger partial charge in [-0.2, -0.15) is 5.10 Å². The predicted molar refractivity (Wildman–Crippen MR) is 121 cm³/mol. The van der Waals surface area contributed by atoms with Crippen molar-refractivity contribution < 1.29 is 22.7 Å². The monoisotopic (exact) mass is 497 g/mol. The van der Waals surface area contributed by atoms with Crippen LogP contribution in [-0.4, -0.2) is 46.6 Å². The van der Waals surface area contributed by atoms with Gasteiger partial charge in [0, 0.05) is 10.0 Å². The number of halogens is 1. The van der Waals surface area contributed by atoms with E-state index in [1.165, 1.54) is 20.2 Å². The first-order valence-corrected chi connectivity index (χ1v) is 11.7. The van der Waals surface area contributed by atoms with Gasteiger partial charge in [-0.1, -0.05) is 15.9 Å². The van der Waals surface area contributed by atoms with Gasteiger partial charge in [-0.3, -0.25) is 9.10 Å². The van der Waals surface area contributed by atoms with Crippen LogP contribution in [0.1, 0.15) is 19.4 Å². The summed E-state index contributed by atoms with van der Waals surface area (Å²) in [6.45, 7) is 3.84. The van der Waals surface area contributed by atoms with Crippen molar-refractivity contribution in [3.63, 3.8) is 0 Å². The van der Waals surface area contributed by atoms with Gasteiger partial charge in [0.05, 0.1) is 31.9 Å². The molecule has 162 valence electrons. The van der Waals surface area contributed by atoms with Crippen molar-refractivity contribution >= 4 is 43.8 Å². The first kappa shape index (κ1) is 23.7. The maximum Gasteiger partial charge on any atom is 0.263 e. The number of benzene rings is 2. The van der Waals surface area contributed by atoms with E-state index in [1.54, 1.807) is 36.4 Å². The second-order valence-corrected chi connectivity index (χ2v) is 9.06. The minimum absolute atomic E-state index is 0.348. The SMILES string of the molecule is CCOc1ccc(N([C@H](C)C(=O)N/N=C\c2cc(Br)ccc2OC)S(C)(=O)=O)cc1. The van der Waals surface area contributed by atoms with Gasteiger partial charge in [0.15, 0.2) is 0 Å². The van der Waals surface area contributed by atoms with Gasteiger partial charge < -0.3 is 9.47 Å². The molecule has 10 heteroatoms. The van der Waals surface area contributed by atoms with Gasteiger partial charge in [-0.15, -0.1) is 0 Å². The Balaban J connectivity index is 2.19. The van der Waals surface area contributed by atoms with Crippen LogP contribution in [0.2, 0.25) is 0 Å². The molecule has 0 radical (unpaired) electrons. The Kier molecular flexibility index (Phi) is 8.24. The molecular formula is C20H24BrN3O5S. The van der Waals surface area contributed by atoms with E-state index in [0.29, 0.717) is 29.4 Å². The smallest absolute Gasteiger partial charge is 0.263 e. The fourth-order valence-corrected chi connectivity index (χ4v) is 4.28. The normalized spacial score (nSPS) is 12.4. The molecule has 0 bridgehead atoms. The molecule has 1 atom stereocenters. The van der Waals surface area contributed by atoms with Crippen LogP contribution in [0.3, 0.4) is 0 Å². The summed E-state index contributed by atoms with van der Waals surface area (Å²) in [5, 5.41) is 3.94. The van der Waals surface area contributed by atoms with Gasteiger partial charge in [0.1, 0.15) is 17.5 Å². The number of carbonyl (C=O) groups excluding carboxylic acids is 1. The molecule has 8 nitrogen and oxygen atoms in total. The Morgan fingerprint density at radius 1 is 1.27 bits per heavy atom. The van der Waals surface area contributed by atoms with Gasteiger partial charge in [0.2, 0.25) is 10.0 Å². The lowest BCUT2D eigenvalue weighted by atomic mass is 10.2. The summed E-state index contributed by atoms with van der Waals surface area (Å²) >= 11 is 3.36. The minimum Gasteiger partial charge on any atom is -0.496 e. The fourth-order valence-electron chi connectivity index (χ4n) is 2.73. The van der Waals surface area contributed by atoms with E-state index in [1.807, 2.05) is 13.0 Å². The van der Waals surface area contributed by atoms with Crippen LogP contribution in [-0.2, 0) is 14.8 Å². The van der Waals surface area contributed by atoms with E-state index in [4.69, 9.17) is 9.47 Å². The summed E-state index contributed by atoms with van der Waals surface area (Å²) in [6, 6.07) is 10.8. The van der Waals surface area contributed by atoms with Crippen LogP contribution in [0.15, 0.2) is 52.0 Å². The highest BCUT2D eigenvalue weighted by Crippen LogP contribution is 2.24. The average Bonchev–Trinajstić information content (AvgIpc) is 2.68. The van der Waals surface area contributed by atoms with E-state index in [2.05, 4.69) is 26.5 Å². The number of sulfonamides is 1. The summed E-state index contributed by atoms with van der Waals surface area (Å²) in [5.41, 5.74) is 3.38. The molecule has 1 amide bonds. The predicted octanol–water partition coefficient (Wildman–Crippen LogP) is 3.16. The number of ether oxygens (including phenoxy) is 2. The molecule has 0 aliphatic heterocycles. The molecule has 0 aliphatic carbocycles. The Hall–Kier alpha value is -2.59. The molecule has 0 fully saturated rings. The number of hydrogen-bond donors (Lipinski definition) is 1. The van der Waals surface area contributed by atoms with Crippen LogP contribution in [0.25, 0.3) is 0 Å². The van der Waals surface area contributed by atoms with Gasteiger partial charge in [0.25, 0.3) is 5.91 Å². The molecule has 2 aromatic carbocycles. The molecule has 0 aliphatic rings. The van der Waals surface area contributed by atoms with Gasteiger partial charge in [-0.05, 0) is 56.3 Å². The van der Waals surface area contributed by atoms with Crippen LogP contribution >= 0.6 is 15.9 Å². The van der Waals surface area contributed by atoms with Crippen molar-refractivity contribution in [1.29, 1.82) is 0 Å². The summed E-state index contributed by atoms with van der Waals surface area (Å²) in [5.74, 6) is 0.607. The molecule has 2 rings (SSSR count). The number of amides is 1. The van der Waals surface area contributed by atoms with Crippen LogP contribution in [0, 0.1) is 0 Å². The van der Waals surface area contributed by atoms with E-state index in [-0.39, 0.29) is 0 Å². The molecule has 0 aromatic heterocycles. The number of hydrazone groups is 1. The van der Waals surface area contributed by atoms with Crippen LogP contribution in [0.4, 0.5) is 5.69 Å². The number of methoxy groups -OCH3 is 1. The Bertz CT molecular complexity index is 1010. The number of hydrogen-bond acceptors (Lipinski definition) is 6. The third kappa shape index (κ3) is 6.20. The molecule has 0 saturated carbocycles. The first-order chi connectivity index (χ1) is 14.2. The summed E-state index contributed by atoms with van der Waals surface area (Å²) in [6.07, 6.45) is 2.47. The second-order valence-electron chi connectivity index (χ2n) is 6.28. The number of nitrogens with zero attached hydrogens (tertiary/aromatic N) is 2. The van der Waals surface area contributed by atoms with E-state index < -0.39 is 22.0 Å². The van der Waals surface area contributed by atoms with Gasteiger partial charge in [-0.25, -0.2) is 13.8 Å². The Morgan fingerprint density at radius 2 is 1.93 bits per heavy atom. The zero-order valence-corrected chi connectivity index (χ0v) is 19.5. The average molecular weight is 498 g/mol. The summed E-state index contributed by atoms with van der Waals surface area (Å²) in [7, 11) is -2.20. The molecule has 0 spiro atoms. The maximum atomic E-state index is 12.6. The van der Waals surface area contributed by atoms with Crippen molar-refractivity contribution in [3.8, 4) is 11.5 Å². The molecule has 0 heterocycles. The molecule has 1 N–H and O–H groups in total. The quantitative estimate of drug-likeness (QED) is 0.423. The Morgan fingerprint density at radius 3 is 2.50 bits per heavy atom. The largest absolute Gasteiger partial charge is 0.496 e. The highest BCUT2D eigenvalue weighted by Gasteiger charge is 2.29. The first-order valence-electron chi connectivity index (χ1n) is 9.06. The van der Waals surface area contributed by atoms with Crippen LogP contribution in [0.5, 0.6) is 11.5 Å². The number of carbonyl (C=O) groups is 1. The summed E-state index contributed by atoms with van der Waals surface area (Å²) < 4.78 is 37.2. The minimum atomic E-state index is -3.73. The number of rotatable bonds is 9. The van der Waals surface area contributed by atoms with Crippen molar-refractivity contribution in [2.75, 3.05) is 24.3 Å². The topological polar surface area (TPSA) is 97.3 Å². The molecule has 0 unspecified atom stereocenters. The lowest BCUT2D eigenvalue weighted by Gasteiger charge is -2.27. The fraction of sp³-hybridized carbons (Fsp3) is 0.300. The molecular weight excluding hydrogens is 474 g/mol. The van der Waals surface area contributed by atoms with E-state index in [9.17, 15) is 13.2 Å². The lowest BCUT2D eigenvalue weighted by Crippen LogP contribution is -2.46. The van der Waals surface area contributed by atoms with Gasteiger partial charge >= 0.3 is 0 Å².